The van der Waals surface area contributed by atoms with Crippen molar-refractivity contribution in [1.29, 1.82) is 0 Å². The maximum Gasteiger partial charge on any atom is 0.389 e. The van der Waals surface area contributed by atoms with Gasteiger partial charge < -0.3 is 14.2 Å². The lowest BCUT2D eigenvalue weighted by Gasteiger charge is -2.51. The van der Waals surface area contributed by atoms with Gasteiger partial charge in [-0.15, -0.1) is 0 Å². The normalized spacial score (nSPS) is 14.8. The van der Waals surface area contributed by atoms with Crippen LogP contribution in [0, 0.1) is 11.3 Å². The molecule has 0 spiro atoms. The third-order valence-corrected chi connectivity index (χ3v) is 15.0. The van der Waals surface area contributed by atoms with Gasteiger partial charge >= 0.3 is 47.6 Å². The summed E-state index contributed by atoms with van der Waals surface area (Å²) in [5.41, 5.74) is -3.36. The van der Waals surface area contributed by atoms with E-state index in [1.807, 2.05) is 20.8 Å². The Morgan fingerprint density at radius 2 is 0.526 bits per heavy atom. The highest BCUT2D eigenvalue weighted by Crippen LogP contribution is 2.68. The van der Waals surface area contributed by atoms with Gasteiger partial charge in [-0.1, -0.05) is 201 Å². The number of ether oxygens (including phenoxy) is 3. The van der Waals surface area contributed by atoms with E-state index in [9.17, 15) is 30.7 Å². The van der Waals surface area contributed by atoms with Crippen molar-refractivity contribution in [3.63, 3.8) is 0 Å². The third-order valence-electron chi connectivity index (χ3n) is 15.0. The van der Waals surface area contributed by atoms with Gasteiger partial charge in [0.2, 0.25) is 0 Å². The van der Waals surface area contributed by atoms with Gasteiger partial charge in [-0.2, -0.15) is 74.6 Å². The first-order chi connectivity index (χ1) is 35.4. The van der Waals surface area contributed by atoms with Crippen molar-refractivity contribution in [3.05, 3.63) is 0 Å². The molecule has 0 aliphatic carbocycles. The summed E-state index contributed by atoms with van der Waals surface area (Å²) in [6.45, 7) is 11.8. The quantitative estimate of drug-likeness (QED) is 0.0345. The first-order valence-electron chi connectivity index (χ1n) is 29.1. The van der Waals surface area contributed by atoms with Crippen LogP contribution >= 0.6 is 0 Å². The fourth-order valence-corrected chi connectivity index (χ4v) is 10.5. The van der Waals surface area contributed by atoms with Gasteiger partial charge in [-0.3, -0.25) is 0 Å². The molecule has 1 atom stereocenters. The number of rotatable bonds is 51. The van der Waals surface area contributed by atoms with E-state index in [4.69, 9.17) is 14.2 Å². The average Bonchev–Trinajstić information content (AvgIpc) is 3.33. The van der Waals surface area contributed by atoms with Crippen molar-refractivity contribution in [2.45, 2.75) is 326 Å². The van der Waals surface area contributed by atoms with Crippen LogP contribution < -0.4 is 0 Å². The predicted molar refractivity (Wildman–Crippen MR) is 267 cm³/mol. The largest absolute Gasteiger partial charge is 0.389 e. The summed E-state index contributed by atoms with van der Waals surface area (Å²) in [6, 6.07) is 0. The van der Waals surface area contributed by atoms with Crippen LogP contribution in [-0.2, 0) is 14.2 Å². The number of unbranched alkanes of at least 4 members (excludes halogenated alkanes) is 25. The molecule has 0 N–H and O–H groups in total. The van der Waals surface area contributed by atoms with Gasteiger partial charge in [0, 0.05) is 44.5 Å². The second-order valence-electron chi connectivity index (χ2n) is 21.1. The third kappa shape index (κ3) is 22.2. The molecule has 0 amide bonds. The molecule has 0 fully saturated rings. The van der Waals surface area contributed by atoms with Crippen LogP contribution in [0.4, 0.5) is 74.6 Å². The highest BCUT2D eigenvalue weighted by molar-refractivity contribution is 5.17. The molecular weight excluding hydrogens is 1040 g/mol. The van der Waals surface area contributed by atoms with Crippen LogP contribution in [0.1, 0.15) is 273 Å². The first-order valence-corrected chi connectivity index (χ1v) is 29.1. The number of halogens is 17. The zero-order chi connectivity index (χ0) is 58.3. The summed E-state index contributed by atoms with van der Waals surface area (Å²) < 4.78 is 278. The molecule has 0 bridgehead atoms. The monoisotopic (exact) mass is 1140 g/mol. The van der Waals surface area contributed by atoms with Crippen molar-refractivity contribution in [3.8, 4) is 0 Å². The van der Waals surface area contributed by atoms with Crippen LogP contribution in [0.5, 0.6) is 0 Å². The molecule has 0 heterocycles. The molecule has 1 unspecified atom stereocenters. The maximum absolute atomic E-state index is 17.8. The van der Waals surface area contributed by atoms with Gasteiger partial charge in [0.15, 0.2) is 0 Å². The molecule has 3 nitrogen and oxygen atoms in total. The molecule has 0 aliphatic rings. The van der Waals surface area contributed by atoms with E-state index in [1.54, 1.807) is 20.8 Å². The Hall–Kier alpha value is -1.31. The molecule has 0 aromatic rings. The zero-order valence-electron chi connectivity index (χ0n) is 46.8. The summed E-state index contributed by atoms with van der Waals surface area (Å²) in [4.78, 5) is 0. The molecule has 0 rings (SSSR count). The molecule has 458 valence electrons. The highest BCUT2D eigenvalue weighted by Gasteiger charge is 2.94. The highest BCUT2D eigenvalue weighted by atomic mass is 19.4. The van der Waals surface area contributed by atoms with E-state index >= 15 is 43.9 Å². The molecule has 76 heavy (non-hydrogen) atoms. The van der Waals surface area contributed by atoms with E-state index in [0.717, 1.165) is 89.9 Å². The van der Waals surface area contributed by atoms with Crippen LogP contribution in [0.25, 0.3) is 0 Å². The SMILES string of the molecule is CCCCCCCCCCC(CCCCCCCCCC)C(CCCCCCCCCC)(CCCCCCCC(OCC)(OCC)OCC)C(F)(F)C(F)(F)C(F)(F)C(F)(F)C(F)(F)C(F)(F)C(F)(F)CCC(F)(F)F. The maximum atomic E-state index is 17.8. The summed E-state index contributed by atoms with van der Waals surface area (Å²) in [5.74, 6) is -56.6. The van der Waals surface area contributed by atoms with Crippen molar-refractivity contribution >= 4 is 0 Å². The summed E-state index contributed by atoms with van der Waals surface area (Å²) in [6.07, 6.45) is 1.26. The van der Waals surface area contributed by atoms with E-state index < -0.39 is 90.6 Å². The Kier molecular flexibility index (Phi) is 35.6. The Labute approximate surface area is 445 Å². The molecular formula is C56H97F17O3. The molecule has 0 aliphatic heterocycles. The summed E-state index contributed by atoms with van der Waals surface area (Å²) in [5, 5.41) is 0. The number of hydrogen-bond acceptors (Lipinski definition) is 3. The second-order valence-corrected chi connectivity index (χ2v) is 21.1. The van der Waals surface area contributed by atoms with Crippen LogP contribution in [-0.4, -0.2) is 73.4 Å². The van der Waals surface area contributed by atoms with Crippen molar-refractivity contribution in [1.82, 2.24) is 0 Å². The Morgan fingerprint density at radius 3 is 0.829 bits per heavy atom. The minimum atomic E-state index is -8.38. The summed E-state index contributed by atoms with van der Waals surface area (Å²) >= 11 is 0. The van der Waals surface area contributed by atoms with Gasteiger partial charge in [0.1, 0.15) is 0 Å². The van der Waals surface area contributed by atoms with E-state index in [2.05, 4.69) is 0 Å². The van der Waals surface area contributed by atoms with Crippen molar-refractivity contribution in [2.24, 2.45) is 11.3 Å². The minimum absolute atomic E-state index is 0.0117. The molecule has 0 radical (unpaired) electrons. The van der Waals surface area contributed by atoms with E-state index in [1.165, 1.54) is 0 Å². The zero-order valence-corrected chi connectivity index (χ0v) is 46.8. The van der Waals surface area contributed by atoms with Gasteiger partial charge in [0.25, 0.3) is 5.97 Å². The lowest BCUT2D eigenvalue weighted by atomic mass is 9.59. The first kappa shape index (κ1) is 74.7. The van der Waals surface area contributed by atoms with E-state index in [0.29, 0.717) is 51.4 Å². The lowest BCUT2D eigenvalue weighted by Crippen LogP contribution is -2.75. The minimum Gasteiger partial charge on any atom is -0.328 e. The molecule has 0 aromatic carbocycles. The van der Waals surface area contributed by atoms with Crippen molar-refractivity contribution in [2.75, 3.05) is 19.8 Å². The molecule has 0 saturated heterocycles. The van der Waals surface area contributed by atoms with Crippen LogP contribution in [0.15, 0.2) is 0 Å². The summed E-state index contributed by atoms with van der Waals surface area (Å²) in [7, 11) is 0. The second kappa shape index (κ2) is 36.2. The topological polar surface area (TPSA) is 27.7 Å². The fourth-order valence-electron chi connectivity index (χ4n) is 10.5. The van der Waals surface area contributed by atoms with Crippen LogP contribution in [0.3, 0.4) is 0 Å². The predicted octanol–water partition coefficient (Wildman–Crippen LogP) is 22.5. The van der Waals surface area contributed by atoms with Crippen molar-refractivity contribution < 1.29 is 88.8 Å². The Bertz CT molecular complexity index is 1410. The number of hydrogen-bond donors (Lipinski definition) is 0. The van der Waals surface area contributed by atoms with Crippen LogP contribution in [0.2, 0.25) is 0 Å². The molecule has 0 saturated carbocycles. The lowest BCUT2D eigenvalue weighted by molar-refractivity contribution is -0.451. The van der Waals surface area contributed by atoms with Gasteiger partial charge in [-0.05, 0) is 58.8 Å². The average molecular weight is 1140 g/mol. The van der Waals surface area contributed by atoms with E-state index in [-0.39, 0.29) is 84.0 Å². The number of alkyl halides is 17. The molecule has 0 aromatic heterocycles. The fraction of sp³-hybridized carbons (Fsp3) is 1.00. The Balaban J connectivity index is 7.85. The van der Waals surface area contributed by atoms with Gasteiger partial charge in [0.05, 0.1) is 0 Å². The standard InChI is InChI=1S/C56H97F17O3/c1-7-13-16-19-22-25-29-34-39-46(40-35-30-26-23-20-17-14-8-2)47(41-36-31-27-24-21-18-15-9-3,42-37-32-28-33-38-43-50(74-10-4,75-11-5)76-12-6)51(62,63)53(66,67)55(70,71)56(72,73)54(68,69)52(64,65)48(57,58)44-45-49(59,60)61/h46H,7-45H2,1-6H3. The molecule has 20 heteroatoms. The smallest absolute Gasteiger partial charge is 0.328 e. The Morgan fingerprint density at radius 1 is 0.263 bits per heavy atom. The van der Waals surface area contributed by atoms with Gasteiger partial charge in [-0.25, -0.2) is 0 Å².